The van der Waals surface area contributed by atoms with Gasteiger partial charge in [0, 0.05) is 19.6 Å². The number of methoxy groups -OCH3 is 1. The molecule has 1 aromatic carbocycles. The molecule has 0 radical (unpaired) electrons. The summed E-state index contributed by atoms with van der Waals surface area (Å²) < 4.78 is 5.20. The minimum Gasteiger partial charge on any atom is -0.497 e. The van der Waals surface area contributed by atoms with Gasteiger partial charge in [0.25, 0.3) is 0 Å². The number of piperidine rings is 1. The molecule has 0 spiro atoms. The Kier molecular flexibility index (Phi) is 5.38. The number of nitrogens with one attached hydrogen (secondary N) is 1. The third kappa shape index (κ3) is 4.49. The van der Waals surface area contributed by atoms with Crippen molar-refractivity contribution < 1.29 is 14.3 Å². The average molecular weight is 330 g/mol. The van der Waals surface area contributed by atoms with Crippen LogP contribution in [0.2, 0.25) is 0 Å². The van der Waals surface area contributed by atoms with Crippen LogP contribution in [0.1, 0.15) is 31.2 Å². The van der Waals surface area contributed by atoms with E-state index in [9.17, 15) is 9.59 Å². The number of carbonyl (C=O) groups is 2. The molecule has 0 aromatic heterocycles. The molecule has 2 aliphatic rings. The first kappa shape index (κ1) is 16.8. The van der Waals surface area contributed by atoms with Crippen LogP contribution in [0.5, 0.6) is 5.75 Å². The lowest BCUT2D eigenvalue weighted by atomic mass is 9.96. The molecule has 130 valence electrons. The smallest absolute Gasteiger partial charge is 0.227 e. The fourth-order valence-electron chi connectivity index (χ4n) is 3.20. The number of benzene rings is 1. The van der Waals surface area contributed by atoms with Crippen molar-refractivity contribution in [3.8, 4) is 5.75 Å². The van der Waals surface area contributed by atoms with Gasteiger partial charge in [-0.2, -0.15) is 0 Å². The highest BCUT2D eigenvalue weighted by Crippen LogP contribution is 2.28. The summed E-state index contributed by atoms with van der Waals surface area (Å²) in [6, 6.07) is 7.59. The summed E-state index contributed by atoms with van der Waals surface area (Å²) in [5.41, 5.74) is 0.944. The molecule has 1 aromatic rings. The van der Waals surface area contributed by atoms with E-state index in [1.807, 2.05) is 29.2 Å². The van der Waals surface area contributed by atoms with Gasteiger partial charge in [-0.1, -0.05) is 12.1 Å². The standard InChI is InChI=1S/C19H26N2O3/c1-24-17-6-2-4-15(10-17)11-18(22)21-9-3-5-16(13-21)19(23)20-12-14-7-8-14/h2,4,6,10,14,16H,3,5,7-9,11-13H2,1H3,(H,20,23). The maximum atomic E-state index is 12.6. The molecule has 1 aliphatic heterocycles. The summed E-state index contributed by atoms with van der Waals surface area (Å²) in [5, 5.41) is 3.05. The number of hydrogen-bond donors (Lipinski definition) is 1. The molecule has 0 bridgehead atoms. The Balaban J connectivity index is 1.52. The van der Waals surface area contributed by atoms with Gasteiger partial charge in [0.15, 0.2) is 0 Å². The highest BCUT2D eigenvalue weighted by Gasteiger charge is 2.29. The second-order valence-electron chi connectivity index (χ2n) is 6.90. The molecule has 5 nitrogen and oxygen atoms in total. The van der Waals surface area contributed by atoms with Gasteiger partial charge in [-0.05, 0) is 49.3 Å². The minimum absolute atomic E-state index is 0.0632. The van der Waals surface area contributed by atoms with Crippen molar-refractivity contribution >= 4 is 11.8 Å². The Morgan fingerprint density at radius 1 is 1.29 bits per heavy atom. The molecule has 2 amide bonds. The Hall–Kier alpha value is -2.04. The fraction of sp³-hybridized carbons (Fsp3) is 0.579. The van der Waals surface area contributed by atoms with E-state index in [2.05, 4.69) is 5.32 Å². The quantitative estimate of drug-likeness (QED) is 0.868. The zero-order valence-electron chi connectivity index (χ0n) is 14.3. The Morgan fingerprint density at radius 2 is 2.12 bits per heavy atom. The molecule has 24 heavy (non-hydrogen) atoms. The summed E-state index contributed by atoms with van der Waals surface area (Å²) in [6.45, 7) is 2.08. The summed E-state index contributed by atoms with van der Waals surface area (Å²) in [5.74, 6) is 1.58. The molecule has 1 saturated heterocycles. The van der Waals surface area contributed by atoms with E-state index < -0.39 is 0 Å². The molecule has 1 atom stereocenters. The third-order valence-corrected chi connectivity index (χ3v) is 4.90. The number of hydrogen-bond acceptors (Lipinski definition) is 3. The van der Waals surface area contributed by atoms with Gasteiger partial charge >= 0.3 is 0 Å². The van der Waals surface area contributed by atoms with E-state index in [1.54, 1.807) is 7.11 Å². The predicted octanol–water partition coefficient (Wildman–Crippen LogP) is 2.00. The van der Waals surface area contributed by atoms with Crippen LogP contribution in [0.4, 0.5) is 0 Å². The van der Waals surface area contributed by atoms with Crippen molar-refractivity contribution in [1.29, 1.82) is 0 Å². The summed E-state index contributed by atoms with van der Waals surface area (Å²) in [7, 11) is 1.62. The van der Waals surface area contributed by atoms with E-state index in [0.717, 1.165) is 37.2 Å². The summed E-state index contributed by atoms with van der Waals surface area (Å²) >= 11 is 0. The second kappa shape index (κ2) is 7.69. The van der Waals surface area contributed by atoms with Crippen LogP contribution >= 0.6 is 0 Å². The monoisotopic (exact) mass is 330 g/mol. The molecule has 1 aliphatic carbocycles. The molecule has 1 unspecified atom stereocenters. The molecule has 1 N–H and O–H groups in total. The number of likely N-dealkylation sites (tertiary alicyclic amines) is 1. The maximum absolute atomic E-state index is 12.6. The average Bonchev–Trinajstić information content (AvgIpc) is 3.44. The van der Waals surface area contributed by atoms with E-state index in [4.69, 9.17) is 4.74 Å². The maximum Gasteiger partial charge on any atom is 0.227 e. The zero-order valence-corrected chi connectivity index (χ0v) is 14.3. The SMILES string of the molecule is COc1cccc(CC(=O)N2CCCC(C(=O)NCC3CC3)C2)c1. The van der Waals surface area contributed by atoms with Crippen molar-refractivity contribution in [2.45, 2.75) is 32.1 Å². The fourth-order valence-corrected chi connectivity index (χ4v) is 3.20. The van der Waals surface area contributed by atoms with Gasteiger partial charge in [-0.3, -0.25) is 9.59 Å². The Labute approximate surface area is 143 Å². The molecular weight excluding hydrogens is 304 g/mol. The van der Waals surface area contributed by atoms with Crippen LogP contribution in [-0.4, -0.2) is 43.5 Å². The van der Waals surface area contributed by atoms with Crippen molar-refractivity contribution in [3.05, 3.63) is 29.8 Å². The summed E-state index contributed by atoms with van der Waals surface area (Å²) in [6.07, 6.45) is 4.59. The highest BCUT2D eigenvalue weighted by atomic mass is 16.5. The van der Waals surface area contributed by atoms with Gasteiger partial charge in [0.2, 0.25) is 11.8 Å². The molecule has 5 heteroatoms. The Morgan fingerprint density at radius 3 is 2.88 bits per heavy atom. The van der Waals surface area contributed by atoms with Crippen LogP contribution in [0.25, 0.3) is 0 Å². The van der Waals surface area contributed by atoms with Gasteiger partial charge < -0.3 is 15.0 Å². The van der Waals surface area contributed by atoms with E-state index in [1.165, 1.54) is 12.8 Å². The third-order valence-electron chi connectivity index (χ3n) is 4.90. The van der Waals surface area contributed by atoms with E-state index in [-0.39, 0.29) is 17.7 Å². The van der Waals surface area contributed by atoms with Crippen molar-refractivity contribution in [3.63, 3.8) is 0 Å². The molecular formula is C19H26N2O3. The second-order valence-corrected chi connectivity index (χ2v) is 6.90. The van der Waals surface area contributed by atoms with Crippen LogP contribution in [0.15, 0.2) is 24.3 Å². The largest absolute Gasteiger partial charge is 0.497 e. The summed E-state index contributed by atoms with van der Waals surface area (Å²) in [4.78, 5) is 26.7. The lowest BCUT2D eigenvalue weighted by Crippen LogP contribution is -2.46. The van der Waals surface area contributed by atoms with E-state index >= 15 is 0 Å². The Bertz CT molecular complexity index is 598. The predicted molar refractivity (Wildman–Crippen MR) is 91.7 cm³/mol. The number of amides is 2. The molecule has 1 saturated carbocycles. The van der Waals surface area contributed by atoms with Crippen LogP contribution in [0.3, 0.4) is 0 Å². The lowest BCUT2D eigenvalue weighted by molar-refractivity contribution is -0.135. The molecule has 1 heterocycles. The first-order valence-corrected chi connectivity index (χ1v) is 8.84. The van der Waals surface area contributed by atoms with Crippen LogP contribution < -0.4 is 10.1 Å². The van der Waals surface area contributed by atoms with Crippen LogP contribution in [-0.2, 0) is 16.0 Å². The van der Waals surface area contributed by atoms with Gasteiger partial charge in [0.05, 0.1) is 19.4 Å². The van der Waals surface area contributed by atoms with Crippen molar-refractivity contribution in [1.82, 2.24) is 10.2 Å². The van der Waals surface area contributed by atoms with Crippen LogP contribution in [0, 0.1) is 11.8 Å². The number of rotatable bonds is 6. The lowest BCUT2D eigenvalue weighted by Gasteiger charge is -2.32. The highest BCUT2D eigenvalue weighted by molar-refractivity contribution is 5.82. The first-order chi connectivity index (χ1) is 11.7. The van der Waals surface area contributed by atoms with Gasteiger partial charge in [-0.15, -0.1) is 0 Å². The molecule has 3 rings (SSSR count). The normalized spacial score (nSPS) is 20.5. The number of ether oxygens (including phenoxy) is 1. The van der Waals surface area contributed by atoms with Gasteiger partial charge in [-0.25, -0.2) is 0 Å². The molecule has 2 fully saturated rings. The van der Waals surface area contributed by atoms with Crippen molar-refractivity contribution in [2.75, 3.05) is 26.7 Å². The topological polar surface area (TPSA) is 58.6 Å². The number of nitrogens with zero attached hydrogens (tertiary/aromatic N) is 1. The minimum atomic E-state index is -0.0632. The van der Waals surface area contributed by atoms with Gasteiger partial charge in [0.1, 0.15) is 5.75 Å². The number of carbonyl (C=O) groups excluding carboxylic acids is 2. The van der Waals surface area contributed by atoms with E-state index in [0.29, 0.717) is 18.9 Å². The zero-order chi connectivity index (χ0) is 16.9. The first-order valence-electron chi connectivity index (χ1n) is 8.84. The van der Waals surface area contributed by atoms with Crippen molar-refractivity contribution in [2.24, 2.45) is 11.8 Å².